The number of hydrogen-bond acceptors (Lipinski definition) is 5. The molecule has 5 rings (SSSR count). The molecule has 1 aliphatic carbocycles. The largest absolute Gasteiger partial charge is 0.479 e. The van der Waals surface area contributed by atoms with Gasteiger partial charge in [-0.25, -0.2) is 9.59 Å². The lowest BCUT2D eigenvalue weighted by molar-refractivity contribution is -0.147. The van der Waals surface area contributed by atoms with Gasteiger partial charge >= 0.3 is 12.1 Å². The zero-order valence-corrected chi connectivity index (χ0v) is 21.1. The Balaban J connectivity index is 1.09. The predicted molar refractivity (Wildman–Crippen MR) is 143 cm³/mol. The van der Waals surface area contributed by atoms with Crippen molar-refractivity contribution in [3.8, 4) is 11.1 Å². The number of carbonyl (C=O) groups is 3. The van der Waals surface area contributed by atoms with Crippen LogP contribution in [0.25, 0.3) is 11.1 Å². The third-order valence-corrected chi connectivity index (χ3v) is 7.35. The van der Waals surface area contributed by atoms with Crippen LogP contribution in [0.1, 0.15) is 35.4 Å². The molecule has 1 fully saturated rings. The van der Waals surface area contributed by atoms with E-state index in [1.807, 2.05) is 71.6 Å². The fourth-order valence-electron chi connectivity index (χ4n) is 5.45. The second-order valence-electron chi connectivity index (χ2n) is 9.88. The minimum atomic E-state index is -1.34. The Kier molecular flexibility index (Phi) is 7.42. The van der Waals surface area contributed by atoms with E-state index >= 15 is 0 Å². The van der Waals surface area contributed by atoms with E-state index < -0.39 is 23.5 Å². The summed E-state index contributed by atoms with van der Waals surface area (Å²) in [5.41, 5.74) is 4.30. The third-order valence-electron chi connectivity index (χ3n) is 7.35. The zero-order valence-electron chi connectivity index (χ0n) is 21.1. The van der Waals surface area contributed by atoms with Gasteiger partial charge in [0.1, 0.15) is 6.61 Å². The lowest BCUT2D eigenvalue weighted by Gasteiger charge is -2.26. The molecular weight excluding hydrogens is 482 g/mol. The number of alkyl carbamates (subject to hydrolysis) is 1. The van der Waals surface area contributed by atoms with Crippen LogP contribution in [-0.4, -0.2) is 59.8 Å². The van der Waals surface area contributed by atoms with E-state index in [-0.39, 0.29) is 32.0 Å². The molecule has 1 atom stereocenters. The number of carboxylic acid groups (broad SMARTS) is 1. The first kappa shape index (κ1) is 25.5. The van der Waals surface area contributed by atoms with Gasteiger partial charge in [-0.1, -0.05) is 78.9 Å². The first-order valence-electron chi connectivity index (χ1n) is 12.8. The number of ether oxygens (including phenoxy) is 1. The Labute approximate surface area is 221 Å². The highest BCUT2D eigenvalue weighted by Gasteiger charge is 2.45. The number of carbonyl (C=O) groups excluding carboxylic acids is 2. The maximum absolute atomic E-state index is 12.6. The van der Waals surface area contributed by atoms with Crippen LogP contribution in [0.5, 0.6) is 0 Å². The molecule has 3 N–H and O–H groups in total. The minimum absolute atomic E-state index is 0.0437. The van der Waals surface area contributed by atoms with Crippen LogP contribution in [-0.2, 0) is 20.9 Å². The summed E-state index contributed by atoms with van der Waals surface area (Å²) in [6, 6.07) is 26.0. The van der Waals surface area contributed by atoms with Crippen molar-refractivity contribution in [2.24, 2.45) is 0 Å². The highest BCUT2D eigenvalue weighted by atomic mass is 16.5. The van der Waals surface area contributed by atoms with Gasteiger partial charge in [-0.2, -0.15) is 0 Å². The number of hydrogen-bond donors (Lipinski definition) is 3. The van der Waals surface area contributed by atoms with E-state index in [2.05, 4.69) is 22.8 Å². The van der Waals surface area contributed by atoms with Crippen LogP contribution in [0.2, 0.25) is 0 Å². The van der Waals surface area contributed by atoms with Crippen molar-refractivity contribution in [1.29, 1.82) is 0 Å². The van der Waals surface area contributed by atoms with Gasteiger partial charge in [0, 0.05) is 38.5 Å². The molecule has 38 heavy (non-hydrogen) atoms. The van der Waals surface area contributed by atoms with Crippen molar-refractivity contribution < 1.29 is 24.2 Å². The fourth-order valence-corrected chi connectivity index (χ4v) is 5.45. The van der Waals surface area contributed by atoms with Gasteiger partial charge in [-0.15, -0.1) is 0 Å². The monoisotopic (exact) mass is 513 g/mol. The molecule has 0 bridgehead atoms. The number of carboxylic acids is 1. The Morgan fingerprint density at radius 1 is 0.921 bits per heavy atom. The van der Waals surface area contributed by atoms with Crippen LogP contribution in [0.3, 0.4) is 0 Å². The first-order valence-corrected chi connectivity index (χ1v) is 12.8. The number of benzene rings is 3. The van der Waals surface area contributed by atoms with Crippen LogP contribution in [0.15, 0.2) is 78.9 Å². The van der Waals surface area contributed by atoms with Gasteiger partial charge in [0.2, 0.25) is 5.91 Å². The fraction of sp³-hybridized carbons (Fsp3) is 0.300. The average Bonchev–Trinajstić information content (AvgIpc) is 3.47. The van der Waals surface area contributed by atoms with Gasteiger partial charge in [-0.3, -0.25) is 9.69 Å². The van der Waals surface area contributed by atoms with Crippen LogP contribution < -0.4 is 10.6 Å². The predicted octanol–water partition coefficient (Wildman–Crippen LogP) is 3.76. The summed E-state index contributed by atoms with van der Waals surface area (Å²) in [4.78, 5) is 39.1. The average molecular weight is 514 g/mol. The van der Waals surface area contributed by atoms with Crippen LogP contribution in [0, 0.1) is 0 Å². The van der Waals surface area contributed by atoms with Crippen molar-refractivity contribution in [2.45, 2.75) is 30.8 Å². The van der Waals surface area contributed by atoms with E-state index in [4.69, 9.17) is 4.74 Å². The molecule has 0 aromatic heterocycles. The molecule has 8 heteroatoms. The molecule has 1 unspecified atom stereocenters. The lowest BCUT2D eigenvalue weighted by Crippen LogP contribution is -2.56. The molecule has 196 valence electrons. The lowest BCUT2D eigenvalue weighted by atomic mass is 9.98. The summed E-state index contributed by atoms with van der Waals surface area (Å²) < 4.78 is 5.50. The summed E-state index contributed by atoms with van der Waals surface area (Å²) in [6.07, 6.45) is -0.332. The normalized spacial score (nSPS) is 18.4. The number of rotatable bonds is 9. The summed E-state index contributed by atoms with van der Waals surface area (Å²) >= 11 is 0. The number of likely N-dealkylation sites (tertiary alicyclic amines) is 1. The summed E-state index contributed by atoms with van der Waals surface area (Å²) in [7, 11) is 0. The molecule has 0 spiro atoms. The number of aliphatic carboxylic acids is 1. The van der Waals surface area contributed by atoms with Crippen molar-refractivity contribution in [1.82, 2.24) is 15.5 Å². The molecule has 0 radical (unpaired) electrons. The van der Waals surface area contributed by atoms with E-state index in [1.165, 1.54) is 0 Å². The van der Waals surface area contributed by atoms with Crippen molar-refractivity contribution in [3.63, 3.8) is 0 Å². The number of nitrogens with one attached hydrogen (secondary N) is 2. The molecular formula is C30H31N3O5. The Morgan fingerprint density at radius 2 is 1.55 bits per heavy atom. The molecule has 8 nitrogen and oxygen atoms in total. The second kappa shape index (κ2) is 11.1. The number of amides is 2. The van der Waals surface area contributed by atoms with E-state index in [0.29, 0.717) is 19.5 Å². The van der Waals surface area contributed by atoms with Gasteiger partial charge in [0.25, 0.3) is 0 Å². The van der Waals surface area contributed by atoms with Gasteiger partial charge in [0.05, 0.1) is 0 Å². The Morgan fingerprint density at radius 3 is 2.21 bits per heavy atom. The molecule has 2 amide bonds. The van der Waals surface area contributed by atoms with E-state index in [9.17, 15) is 19.5 Å². The van der Waals surface area contributed by atoms with Gasteiger partial charge in [-0.05, 0) is 34.2 Å². The number of nitrogens with zero attached hydrogens (tertiary/aromatic N) is 1. The standard InChI is InChI=1S/C30H31N3O5/c34-27(32-30(28(35)36)15-17-33(20-30)18-21-8-2-1-3-9-21)14-16-31-29(37)38-19-26-24-12-6-4-10-22(24)23-11-5-7-13-25(23)26/h1-13,26H,14-20H2,(H,31,37)(H,32,34)(H,35,36). The second-order valence-corrected chi connectivity index (χ2v) is 9.88. The molecule has 1 saturated heterocycles. The Hall–Kier alpha value is -4.17. The molecule has 2 aliphatic rings. The maximum atomic E-state index is 12.6. The SMILES string of the molecule is O=C(CCNC(=O)OCC1c2ccccc2-c2ccccc21)NC1(C(=O)O)CCN(Cc2ccccc2)C1. The highest BCUT2D eigenvalue weighted by Crippen LogP contribution is 2.44. The first-order chi connectivity index (χ1) is 18.4. The van der Waals surface area contributed by atoms with E-state index in [1.54, 1.807) is 0 Å². The smallest absolute Gasteiger partial charge is 0.407 e. The van der Waals surface area contributed by atoms with Crippen LogP contribution in [0.4, 0.5) is 4.79 Å². The van der Waals surface area contributed by atoms with Gasteiger partial charge < -0.3 is 20.5 Å². The quantitative estimate of drug-likeness (QED) is 0.402. The summed E-state index contributed by atoms with van der Waals surface area (Å²) in [5, 5.41) is 15.2. The number of fused-ring (bicyclic) bond motifs is 3. The molecule has 1 heterocycles. The summed E-state index contributed by atoms with van der Waals surface area (Å²) in [5.74, 6) is -1.52. The minimum Gasteiger partial charge on any atom is -0.479 e. The molecule has 3 aromatic carbocycles. The van der Waals surface area contributed by atoms with Crippen molar-refractivity contribution in [2.75, 3.05) is 26.2 Å². The maximum Gasteiger partial charge on any atom is 0.407 e. The zero-order chi connectivity index (χ0) is 26.5. The molecule has 1 aliphatic heterocycles. The van der Waals surface area contributed by atoms with Crippen LogP contribution >= 0.6 is 0 Å². The van der Waals surface area contributed by atoms with E-state index in [0.717, 1.165) is 27.8 Å². The molecule has 0 saturated carbocycles. The Bertz CT molecular complexity index is 1280. The van der Waals surface area contributed by atoms with Crippen molar-refractivity contribution in [3.05, 3.63) is 95.6 Å². The van der Waals surface area contributed by atoms with Gasteiger partial charge in [0.15, 0.2) is 5.54 Å². The topological polar surface area (TPSA) is 108 Å². The third kappa shape index (κ3) is 5.40. The molecule has 3 aromatic rings. The summed E-state index contributed by atoms with van der Waals surface area (Å²) in [6.45, 7) is 1.65. The highest BCUT2D eigenvalue weighted by molar-refractivity contribution is 5.88. The van der Waals surface area contributed by atoms with Crippen molar-refractivity contribution >= 4 is 18.0 Å².